The van der Waals surface area contributed by atoms with Gasteiger partial charge < -0.3 is 15.4 Å². The minimum absolute atomic E-state index is 0.0387. The van der Waals surface area contributed by atoms with Gasteiger partial charge in [0.05, 0.1) is 13.2 Å². The lowest BCUT2D eigenvalue weighted by Gasteiger charge is -2.33. The van der Waals surface area contributed by atoms with Crippen LogP contribution in [0.15, 0.2) is 18.3 Å². The third kappa shape index (κ3) is 3.10. The topological polar surface area (TPSA) is 68.5 Å². The Labute approximate surface area is 120 Å². The number of amides is 1. The van der Waals surface area contributed by atoms with Crippen molar-refractivity contribution in [2.24, 2.45) is 5.73 Å². The van der Waals surface area contributed by atoms with Crippen molar-refractivity contribution in [2.45, 2.75) is 44.7 Å². The molecule has 1 aromatic rings. The number of rotatable bonds is 4. The summed E-state index contributed by atoms with van der Waals surface area (Å²) in [6.07, 6.45) is 5.01. The van der Waals surface area contributed by atoms with Crippen molar-refractivity contribution in [2.75, 3.05) is 13.7 Å². The fraction of sp³-hybridized carbons (Fsp3) is 0.600. The molecule has 1 aromatic heterocycles. The fourth-order valence-corrected chi connectivity index (χ4v) is 2.80. The molecule has 0 aliphatic carbocycles. The van der Waals surface area contributed by atoms with Crippen LogP contribution in [0.1, 0.15) is 44.2 Å². The van der Waals surface area contributed by atoms with Gasteiger partial charge in [-0.1, -0.05) is 6.92 Å². The SMILES string of the molecule is CCCN1C(=O)CCCC(N)C1c1ccc(OC)nc1. The first-order valence-electron chi connectivity index (χ1n) is 7.22. The Morgan fingerprint density at radius 2 is 2.30 bits per heavy atom. The molecule has 0 aromatic carbocycles. The van der Waals surface area contributed by atoms with Gasteiger partial charge in [-0.3, -0.25) is 4.79 Å². The molecule has 2 rings (SSSR count). The number of likely N-dealkylation sites (tertiary alicyclic amines) is 1. The molecule has 1 aliphatic rings. The van der Waals surface area contributed by atoms with E-state index in [9.17, 15) is 4.79 Å². The molecule has 1 fully saturated rings. The highest BCUT2D eigenvalue weighted by Gasteiger charge is 2.32. The predicted molar refractivity (Wildman–Crippen MR) is 77.4 cm³/mol. The van der Waals surface area contributed by atoms with Gasteiger partial charge in [-0.05, 0) is 30.9 Å². The van der Waals surface area contributed by atoms with E-state index in [1.807, 2.05) is 17.0 Å². The number of hydrogen-bond acceptors (Lipinski definition) is 4. The van der Waals surface area contributed by atoms with Crippen molar-refractivity contribution in [3.05, 3.63) is 23.9 Å². The van der Waals surface area contributed by atoms with Crippen molar-refractivity contribution in [1.82, 2.24) is 9.88 Å². The van der Waals surface area contributed by atoms with Gasteiger partial charge in [0.1, 0.15) is 0 Å². The zero-order chi connectivity index (χ0) is 14.5. The second-order valence-corrected chi connectivity index (χ2v) is 5.22. The predicted octanol–water partition coefficient (Wildman–Crippen LogP) is 1.88. The average molecular weight is 277 g/mol. The van der Waals surface area contributed by atoms with Crippen molar-refractivity contribution in [3.63, 3.8) is 0 Å². The summed E-state index contributed by atoms with van der Waals surface area (Å²) < 4.78 is 5.08. The standard InChI is InChI=1S/C15H23N3O2/c1-3-9-18-14(19)6-4-5-12(16)15(18)11-7-8-13(20-2)17-10-11/h7-8,10,12,15H,3-6,9,16H2,1-2H3. The van der Waals surface area contributed by atoms with Gasteiger partial charge in [0.2, 0.25) is 11.8 Å². The quantitative estimate of drug-likeness (QED) is 0.912. The first kappa shape index (κ1) is 14.8. The first-order valence-corrected chi connectivity index (χ1v) is 7.22. The number of carbonyl (C=O) groups excluding carboxylic acids is 1. The summed E-state index contributed by atoms with van der Waals surface area (Å²) in [5.41, 5.74) is 7.30. The Balaban J connectivity index is 2.32. The highest BCUT2D eigenvalue weighted by atomic mass is 16.5. The third-order valence-corrected chi connectivity index (χ3v) is 3.76. The Hall–Kier alpha value is -1.62. The van der Waals surface area contributed by atoms with Crippen LogP contribution in [0.2, 0.25) is 0 Å². The van der Waals surface area contributed by atoms with E-state index in [2.05, 4.69) is 11.9 Å². The minimum atomic E-state index is -0.0802. The second kappa shape index (κ2) is 6.70. The maximum absolute atomic E-state index is 12.3. The van der Waals surface area contributed by atoms with Crippen LogP contribution in [0.4, 0.5) is 0 Å². The molecular formula is C15H23N3O2. The number of methoxy groups -OCH3 is 1. The molecule has 5 heteroatoms. The monoisotopic (exact) mass is 277 g/mol. The molecule has 20 heavy (non-hydrogen) atoms. The zero-order valence-corrected chi connectivity index (χ0v) is 12.2. The largest absolute Gasteiger partial charge is 0.481 e. The van der Waals surface area contributed by atoms with Crippen LogP contribution in [0.25, 0.3) is 0 Å². The molecule has 2 atom stereocenters. The van der Waals surface area contributed by atoms with Crippen molar-refractivity contribution < 1.29 is 9.53 Å². The summed E-state index contributed by atoms with van der Waals surface area (Å²) in [7, 11) is 1.59. The van der Waals surface area contributed by atoms with Crippen LogP contribution < -0.4 is 10.5 Å². The van der Waals surface area contributed by atoms with Crippen LogP contribution in [0.5, 0.6) is 5.88 Å². The highest BCUT2D eigenvalue weighted by Crippen LogP contribution is 2.30. The van der Waals surface area contributed by atoms with E-state index in [4.69, 9.17) is 10.5 Å². The average Bonchev–Trinajstić information content (AvgIpc) is 2.59. The number of hydrogen-bond donors (Lipinski definition) is 1. The van der Waals surface area contributed by atoms with Crippen LogP contribution in [-0.2, 0) is 4.79 Å². The van der Waals surface area contributed by atoms with E-state index in [0.29, 0.717) is 12.3 Å². The number of ether oxygens (including phenoxy) is 1. The smallest absolute Gasteiger partial charge is 0.223 e. The highest BCUT2D eigenvalue weighted by molar-refractivity contribution is 5.77. The van der Waals surface area contributed by atoms with Gasteiger partial charge in [0.15, 0.2) is 0 Å². The molecule has 5 nitrogen and oxygen atoms in total. The molecule has 1 aliphatic heterocycles. The Kier molecular flexibility index (Phi) is 4.95. The summed E-state index contributed by atoms with van der Waals surface area (Å²) >= 11 is 0. The van der Waals surface area contributed by atoms with Gasteiger partial charge in [0.25, 0.3) is 0 Å². The van der Waals surface area contributed by atoms with Crippen LogP contribution in [0.3, 0.4) is 0 Å². The summed E-state index contributed by atoms with van der Waals surface area (Å²) in [6.45, 7) is 2.82. The van der Waals surface area contributed by atoms with E-state index in [1.165, 1.54) is 0 Å². The molecule has 2 N–H and O–H groups in total. The maximum atomic E-state index is 12.3. The summed E-state index contributed by atoms with van der Waals surface area (Å²) in [5.74, 6) is 0.768. The van der Waals surface area contributed by atoms with E-state index in [0.717, 1.165) is 31.4 Å². The number of pyridine rings is 1. The van der Waals surface area contributed by atoms with E-state index in [-0.39, 0.29) is 18.0 Å². The molecule has 0 saturated carbocycles. The molecule has 2 unspecified atom stereocenters. The van der Waals surface area contributed by atoms with Crippen molar-refractivity contribution >= 4 is 5.91 Å². The lowest BCUT2D eigenvalue weighted by molar-refractivity contribution is -0.133. The molecule has 1 saturated heterocycles. The Bertz CT molecular complexity index is 447. The normalized spacial score (nSPS) is 23.6. The number of nitrogens with two attached hydrogens (primary N) is 1. The van der Waals surface area contributed by atoms with E-state index < -0.39 is 0 Å². The summed E-state index contributed by atoms with van der Waals surface area (Å²) in [6, 6.07) is 3.66. The van der Waals surface area contributed by atoms with Crippen LogP contribution in [-0.4, -0.2) is 35.5 Å². The molecule has 2 heterocycles. The summed E-state index contributed by atoms with van der Waals surface area (Å²) in [5, 5.41) is 0. The fourth-order valence-electron chi connectivity index (χ4n) is 2.80. The maximum Gasteiger partial charge on any atom is 0.223 e. The van der Waals surface area contributed by atoms with Gasteiger partial charge in [-0.15, -0.1) is 0 Å². The van der Waals surface area contributed by atoms with Crippen LogP contribution in [0, 0.1) is 0 Å². The number of nitrogens with zero attached hydrogens (tertiary/aromatic N) is 2. The molecule has 110 valence electrons. The van der Waals surface area contributed by atoms with Gasteiger partial charge >= 0.3 is 0 Å². The lowest BCUT2D eigenvalue weighted by atomic mass is 9.97. The van der Waals surface area contributed by atoms with Crippen LogP contribution >= 0.6 is 0 Å². The summed E-state index contributed by atoms with van der Waals surface area (Å²) in [4.78, 5) is 18.4. The van der Waals surface area contributed by atoms with E-state index >= 15 is 0 Å². The third-order valence-electron chi connectivity index (χ3n) is 3.76. The Morgan fingerprint density at radius 1 is 1.50 bits per heavy atom. The lowest BCUT2D eigenvalue weighted by Crippen LogP contribution is -2.42. The number of carbonyl (C=O) groups is 1. The van der Waals surface area contributed by atoms with E-state index in [1.54, 1.807) is 13.3 Å². The Morgan fingerprint density at radius 3 is 2.90 bits per heavy atom. The van der Waals surface area contributed by atoms with Gasteiger partial charge in [-0.25, -0.2) is 4.98 Å². The van der Waals surface area contributed by atoms with Crippen molar-refractivity contribution in [3.8, 4) is 5.88 Å². The minimum Gasteiger partial charge on any atom is -0.481 e. The van der Waals surface area contributed by atoms with Gasteiger partial charge in [0, 0.05) is 31.3 Å². The zero-order valence-electron chi connectivity index (χ0n) is 12.2. The molecule has 0 radical (unpaired) electrons. The number of aromatic nitrogens is 1. The molecule has 0 spiro atoms. The molecule has 0 bridgehead atoms. The second-order valence-electron chi connectivity index (χ2n) is 5.22. The molecule has 1 amide bonds. The van der Waals surface area contributed by atoms with Gasteiger partial charge in [-0.2, -0.15) is 0 Å². The van der Waals surface area contributed by atoms with Crippen molar-refractivity contribution in [1.29, 1.82) is 0 Å². The first-order chi connectivity index (χ1) is 9.67. The molecular weight excluding hydrogens is 254 g/mol.